The highest BCUT2D eigenvalue weighted by Gasteiger charge is 2.20. The first kappa shape index (κ1) is 20.6. The molecule has 1 aliphatic heterocycles. The van der Waals surface area contributed by atoms with E-state index in [-0.39, 0.29) is 11.3 Å². The number of hydrogen-bond acceptors (Lipinski definition) is 6. The molecule has 5 rings (SSSR count). The van der Waals surface area contributed by atoms with Crippen molar-refractivity contribution in [2.24, 2.45) is 0 Å². The molecule has 0 amide bonds. The van der Waals surface area contributed by atoms with Crippen molar-refractivity contribution in [2.75, 3.05) is 31.1 Å². The van der Waals surface area contributed by atoms with Gasteiger partial charge in [0.05, 0.1) is 16.9 Å². The van der Waals surface area contributed by atoms with Gasteiger partial charge in [-0.25, -0.2) is 4.68 Å². The lowest BCUT2D eigenvalue weighted by Gasteiger charge is -2.36. The first-order valence-electron chi connectivity index (χ1n) is 10.7. The second-order valence-electron chi connectivity index (χ2n) is 8.03. The number of ketones is 1. The lowest BCUT2D eigenvalue weighted by atomic mass is 10.1. The van der Waals surface area contributed by atoms with E-state index in [0.29, 0.717) is 12.1 Å². The van der Waals surface area contributed by atoms with Crippen LogP contribution < -0.4 is 10.5 Å². The van der Waals surface area contributed by atoms with Crippen molar-refractivity contribution in [1.29, 1.82) is 0 Å². The standard InChI is InChI=1S/C25H24N4O2S/c1-18(30)19-8-10-20(11-9-19)28-14-12-27(13-15-28)17-29-25(31)22-6-3-2-5-21(22)24(26-29)23-7-4-16-32-23/h2-11,16H,12-15,17H2,1H3. The Morgan fingerprint density at radius 2 is 1.66 bits per heavy atom. The number of fused-ring (bicyclic) bond motifs is 1. The molecule has 0 saturated carbocycles. The lowest BCUT2D eigenvalue weighted by Crippen LogP contribution is -2.48. The van der Waals surface area contributed by atoms with E-state index in [0.717, 1.165) is 53.4 Å². The molecule has 0 radical (unpaired) electrons. The molecule has 7 heteroatoms. The van der Waals surface area contributed by atoms with Gasteiger partial charge in [-0.15, -0.1) is 11.3 Å². The minimum absolute atomic E-state index is 0.0526. The summed E-state index contributed by atoms with van der Waals surface area (Å²) in [4.78, 5) is 30.3. The maximum Gasteiger partial charge on any atom is 0.275 e. The number of rotatable bonds is 5. The summed E-state index contributed by atoms with van der Waals surface area (Å²) in [5.41, 5.74) is 2.66. The minimum Gasteiger partial charge on any atom is -0.369 e. The van der Waals surface area contributed by atoms with Gasteiger partial charge in [-0.3, -0.25) is 14.5 Å². The van der Waals surface area contributed by atoms with Crippen LogP contribution in [0.5, 0.6) is 0 Å². The molecule has 2 aromatic heterocycles. The van der Waals surface area contributed by atoms with E-state index < -0.39 is 0 Å². The van der Waals surface area contributed by atoms with Gasteiger partial charge in [0.25, 0.3) is 5.56 Å². The molecule has 4 aromatic rings. The van der Waals surface area contributed by atoms with Crippen molar-refractivity contribution in [1.82, 2.24) is 14.7 Å². The van der Waals surface area contributed by atoms with E-state index in [1.165, 1.54) is 0 Å². The Bertz CT molecular complexity index is 1300. The Balaban J connectivity index is 1.35. The zero-order valence-corrected chi connectivity index (χ0v) is 18.7. The highest BCUT2D eigenvalue weighted by Crippen LogP contribution is 2.28. The second-order valence-corrected chi connectivity index (χ2v) is 8.97. The van der Waals surface area contributed by atoms with Gasteiger partial charge in [0.1, 0.15) is 5.69 Å². The minimum atomic E-state index is -0.0526. The van der Waals surface area contributed by atoms with Crippen LogP contribution in [0, 0.1) is 0 Å². The van der Waals surface area contributed by atoms with Crippen LogP contribution in [0.1, 0.15) is 17.3 Å². The fourth-order valence-corrected chi connectivity index (χ4v) is 4.89. The number of carbonyl (C=O) groups excluding carboxylic acids is 1. The van der Waals surface area contributed by atoms with Gasteiger partial charge >= 0.3 is 0 Å². The SMILES string of the molecule is CC(=O)c1ccc(N2CCN(Cn3nc(-c4cccs4)c4ccccc4c3=O)CC2)cc1. The molecule has 0 unspecified atom stereocenters. The molecule has 0 aliphatic carbocycles. The predicted octanol–water partition coefficient (Wildman–Crippen LogP) is 4.11. The zero-order chi connectivity index (χ0) is 22.1. The van der Waals surface area contributed by atoms with Gasteiger partial charge < -0.3 is 4.90 Å². The summed E-state index contributed by atoms with van der Waals surface area (Å²) in [6.45, 7) is 5.45. The molecule has 0 spiro atoms. The van der Waals surface area contributed by atoms with E-state index in [9.17, 15) is 9.59 Å². The third-order valence-corrected chi connectivity index (χ3v) is 6.84. The molecule has 1 fully saturated rings. The first-order valence-corrected chi connectivity index (χ1v) is 11.6. The molecule has 32 heavy (non-hydrogen) atoms. The van der Waals surface area contributed by atoms with Crippen LogP contribution in [0.2, 0.25) is 0 Å². The third-order valence-electron chi connectivity index (χ3n) is 5.97. The molecule has 1 saturated heterocycles. The number of anilines is 1. The van der Waals surface area contributed by atoms with E-state index in [1.54, 1.807) is 22.9 Å². The molecule has 0 atom stereocenters. The van der Waals surface area contributed by atoms with E-state index in [4.69, 9.17) is 5.10 Å². The van der Waals surface area contributed by atoms with Crippen molar-refractivity contribution in [3.63, 3.8) is 0 Å². The summed E-state index contributed by atoms with van der Waals surface area (Å²) < 4.78 is 1.61. The second kappa shape index (κ2) is 8.68. The Morgan fingerprint density at radius 1 is 0.938 bits per heavy atom. The van der Waals surface area contributed by atoms with Crippen molar-refractivity contribution >= 4 is 33.6 Å². The summed E-state index contributed by atoms with van der Waals surface area (Å²) in [7, 11) is 0. The van der Waals surface area contributed by atoms with Crippen molar-refractivity contribution in [3.05, 3.63) is 82.0 Å². The number of Topliss-reactive ketones (excluding diaryl/α,β-unsaturated/α-hetero) is 1. The van der Waals surface area contributed by atoms with Gasteiger partial charge in [-0.05, 0) is 48.7 Å². The lowest BCUT2D eigenvalue weighted by molar-refractivity contribution is 0.101. The molecule has 6 nitrogen and oxygen atoms in total. The van der Waals surface area contributed by atoms with E-state index >= 15 is 0 Å². The van der Waals surface area contributed by atoms with E-state index in [1.807, 2.05) is 66.0 Å². The summed E-state index contributed by atoms with van der Waals surface area (Å²) >= 11 is 1.63. The molecule has 162 valence electrons. The van der Waals surface area contributed by atoms with Gasteiger partial charge in [0.15, 0.2) is 5.78 Å². The smallest absolute Gasteiger partial charge is 0.275 e. The Morgan fingerprint density at radius 3 is 2.31 bits per heavy atom. The third kappa shape index (κ3) is 3.97. The topological polar surface area (TPSA) is 58.4 Å². The van der Waals surface area contributed by atoms with Gasteiger partial charge in [-0.2, -0.15) is 5.10 Å². The highest BCUT2D eigenvalue weighted by molar-refractivity contribution is 7.13. The van der Waals surface area contributed by atoms with Crippen molar-refractivity contribution in [3.8, 4) is 10.6 Å². The summed E-state index contributed by atoms with van der Waals surface area (Å²) in [5.74, 6) is 0.0802. The van der Waals surface area contributed by atoms with E-state index in [2.05, 4.69) is 9.80 Å². The first-order chi connectivity index (χ1) is 15.6. The van der Waals surface area contributed by atoms with Crippen LogP contribution in [0.4, 0.5) is 5.69 Å². The zero-order valence-electron chi connectivity index (χ0n) is 17.9. The van der Waals surface area contributed by atoms with Crippen LogP contribution in [-0.4, -0.2) is 46.6 Å². The van der Waals surface area contributed by atoms with Crippen molar-refractivity contribution in [2.45, 2.75) is 13.6 Å². The van der Waals surface area contributed by atoms with Gasteiger partial charge in [0, 0.05) is 42.8 Å². The molecule has 2 aromatic carbocycles. The maximum absolute atomic E-state index is 13.1. The predicted molar refractivity (Wildman–Crippen MR) is 130 cm³/mol. The normalized spacial score (nSPS) is 14.7. The van der Waals surface area contributed by atoms with Crippen LogP contribution in [0.15, 0.2) is 70.8 Å². The Kier molecular flexibility index (Phi) is 5.59. The van der Waals surface area contributed by atoms with Gasteiger partial charge in [0.2, 0.25) is 0 Å². The summed E-state index contributed by atoms with van der Waals surface area (Å²) in [5, 5.41) is 8.40. The quantitative estimate of drug-likeness (QED) is 0.434. The Labute approximate surface area is 190 Å². The number of nitrogens with zero attached hydrogens (tertiary/aromatic N) is 4. The van der Waals surface area contributed by atoms with Crippen LogP contribution in [-0.2, 0) is 6.67 Å². The number of benzene rings is 2. The average Bonchev–Trinajstić information content (AvgIpc) is 3.36. The van der Waals surface area contributed by atoms with Crippen LogP contribution in [0.25, 0.3) is 21.3 Å². The van der Waals surface area contributed by atoms with Gasteiger partial charge in [-0.1, -0.05) is 24.3 Å². The summed E-state index contributed by atoms with van der Waals surface area (Å²) in [6.07, 6.45) is 0. The molecule has 0 N–H and O–H groups in total. The highest BCUT2D eigenvalue weighted by atomic mass is 32.1. The number of aromatic nitrogens is 2. The molecule has 0 bridgehead atoms. The molecular formula is C25H24N4O2S. The van der Waals surface area contributed by atoms with Crippen molar-refractivity contribution < 1.29 is 4.79 Å². The van der Waals surface area contributed by atoms with Crippen LogP contribution in [0.3, 0.4) is 0 Å². The number of hydrogen-bond donors (Lipinski definition) is 0. The molecule has 3 heterocycles. The maximum atomic E-state index is 13.1. The number of piperazine rings is 1. The largest absolute Gasteiger partial charge is 0.369 e. The average molecular weight is 445 g/mol. The number of carbonyl (C=O) groups is 1. The summed E-state index contributed by atoms with van der Waals surface area (Å²) in [6, 6.07) is 19.6. The molecular weight excluding hydrogens is 420 g/mol. The Hall–Kier alpha value is -3.29. The molecule has 1 aliphatic rings. The number of thiophene rings is 1. The fourth-order valence-electron chi connectivity index (χ4n) is 4.17. The monoisotopic (exact) mass is 444 g/mol. The fraction of sp³-hybridized carbons (Fsp3) is 0.240. The van der Waals surface area contributed by atoms with Crippen LogP contribution >= 0.6 is 11.3 Å².